The highest BCUT2D eigenvalue weighted by atomic mass is 19.1. The number of esters is 1. The normalized spacial score (nSPS) is 11.8. The first kappa shape index (κ1) is 18.2. The Kier molecular flexibility index (Phi) is 4.94. The van der Waals surface area contributed by atoms with Gasteiger partial charge in [-0.15, -0.1) is 0 Å². The number of amides is 1. The SMILES string of the molecule is C[C@H](OC(=O)c1cc(O)c2ccccc2c1O)C(=O)Nc1ccccc1F. The third kappa shape index (κ3) is 3.67. The predicted molar refractivity (Wildman–Crippen MR) is 97.2 cm³/mol. The predicted octanol–water partition coefficient (Wildman–Crippen LogP) is 3.57. The summed E-state index contributed by atoms with van der Waals surface area (Å²) in [5.74, 6) is -2.93. The average molecular weight is 369 g/mol. The van der Waals surface area contributed by atoms with E-state index in [-0.39, 0.29) is 28.1 Å². The number of carbonyl (C=O) groups is 2. The van der Waals surface area contributed by atoms with Gasteiger partial charge in [-0.2, -0.15) is 0 Å². The molecule has 27 heavy (non-hydrogen) atoms. The van der Waals surface area contributed by atoms with Crippen molar-refractivity contribution in [2.45, 2.75) is 13.0 Å². The fourth-order valence-electron chi connectivity index (χ4n) is 2.57. The Morgan fingerprint density at radius 3 is 2.37 bits per heavy atom. The molecule has 0 saturated heterocycles. The van der Waals surface area contributed by atoms with Crippen LogP contribution >= 0.6 is 0 Å². The van der Waals surface area contributed by atoms with Gasteiger partial charge < -0.3 is 20.3 Å². The van der Waals surface area contributed by atoms with Crippen LogP contribution in [0.15, 0.2) is 54.6 Å². The van der Waals surface area contributed by atoms with E-state index in [1.807, 2.05) is 0 Å². The van der Waals surface area contributed by atoms with Crippen LogP contribution in [0.5, 0.6) is 11.5 Å². The minimum atomic E-state index is -1.26. The second-order valence-electron chi connectivity index (χ2n) is 5.85. The van der Waals surface area contributed by atoms with E-state index in [0.717, 1.165) is 6.07 Å². The Morgan fingerprint density at radius 1 is 1.04 bits per heavy atom. The number of benzene rings is 3. The molecule has 0 saturated carbocycles. The van der Waals surface area contributed by atoms with E-state index >= 15 is 0 Å². The van der Waals surface area contributed by atoms with E-state index < -0.39 is 23.8 Å². The van der Waals surface area contributed by atoms with Crippen molar-refractivity contribution in [3.63, 3.8) is 0 Å². The minimum absolute atomic E-state index is 0.0448. The number of phenols is 2. The maximum Gasteiger partial charge on any atom is 0.342 e. The van der Waals surface area contributed by atoms with Crippen LogP contribution in [0.3, 0.4) is 0 Å². The monoisotopic (exact) mass is 369 g/mol. The van der Waals surface area contributed by atoms with Gasteiger partial charge in [-0.1, -0.05) is 36.4 Å². The summed E-state index contributed by atoms with van der Waals surface area (Å²) >= 11 is 0. The second-order valence-corrected chi connectivity index (χ2v) is 5.85. The molecule has 0 radical (unpaired) electrons. The Labute approximate surface area is 153 Å². The number of nitrogens with one attached hydrogen (secondary N) is 1. The van der Waals surface area contributed by atoms with Crippen LogP contribution in [-0.2, 0) is 9.53 Å². The third-order valence-corrected chi connectivity index (χ3v) is 4.00. The molecule has 1 atom stereocenters. The number of hydrogen-bond donors (Lipinski definition) is 3. The maximum atomic E-state index is 13.6. The number of phenolic OH excluding ortho intramolecular Hbond substituents is 2. The van der Waals surface area contributed by atoms with Crippen molar-refractivity contribution in [2.75, 3.05) is 5.32 Å². The van der Waals surface area contributed by atoms with Crippen LogP contribution in [0.1, 0.15) is 17.3 Å². The number of aromatic hydroxyl groups is 2. The van der Waals surface area contributed by atoms with E-state index in [1.54, 1.807) is 24.3 Å². The number of ether oxygens (including phenoxy) is 1. The molecular weight excluding hydrogens is 353 g/mol. The number of hydrogen-bond acceptors (Lipinski definition) is 5. The topological polar surface area (TPSA) is 95.9 Å². The molecule has 0 fully saturated rings. The first-order valence-electron chi connectivity index (χ1n) is 8.08. The summed E-state index contributed by atoms with van der Waals surface area (Å²) in [6, 6.07) is 13.1. The molecule has 0 aromatic heterocycles. The smallest absolute Gasteiger partial charge is 0.342 e. The fourth-order valence-corrected chi connectivity index (χ4v) is 2.57. The van der Waals surface area contributed by atoms with Crippen molar-refractivity contribution >= 4 is 28.3 Å². The van der Waals surface area contributed by atoms with E-state index in [9.17, 15) is 24.2 Å². The summed E-state index contributed by atoms with van der Waals surface area (Å²) in [6.07, 6.45) is -1.26. The molecule has 3 rings (SSSR count). The largest absolute Gasteiger partial charge is 0.507 e. The molecule has 0 heterocycles. The van der Waals surface area contributed by atoms with Gasteiger partial charge in [0.1, 0.15) is 22.9 Å². The highest BCUT2D eigenvalue weighted by Crippen LogP contribution is 2.35. The number of fused-ring (bicyclic) bond motifs is 1. The van der Waals surface area contributed by atoms with Crippen molar-refractivity contribution in [1.29, 1.82) is 0 Å². The lowest BCUT2D eigenvalue weighted by atomic mass is 10.0. The lowest BCUT2D eigenvalue weighted by Crippen LogP contribution is -2.30. The van der Waals surface area contributed by atoms with E-state index in [0.29, 0.717) is 5.39 Å². The van der Waals surface area contributed by atoms with Crippen molar-refractivity contribution < 1.29 is 28.9 Å². The molecule has 0 bridgehead atoms. The van der Waals surface area contributed by atoms with Crippen LogP contribution in [0.2, 0.25) is 0 Å². The summed E-state index contributed by atoms with van der Waals surface area (Å²) in [5.41, 5.74) is -0.326. The Hall–Kier alpha value is -3.61. The molecule has 0 spiro atoms. The number of para-hydroxylation sites is 1. The molecule has 138 valence electrons. The molecule has 0 unspecified atom stereocenters. The standard InChI is InChI=1S/C20H16FNO5/c1-11(19(25)22-16-9-5-4-8-15(16)21)27-20(26)14-10-17(23)12-6-2-3-7-13(12)18(14)24/h2-11,23-24H,1H3,(H,22,25)/t11-/m0/s1. The van der Waals surface area contributed by atoms with Gasteiger partial charge in [0, 0.05) is 10.8 Å². The zero-order valence-corrected chi connectivity index (χ0v) is 14.3. The lowest BCUT2D eigenvalue weighted by Gasteiger charge is -2.15. The number of rotatable bonds is 4. The first-order chi connectivity index (χ1) is 12.9. The molecule has 3 N–H and O–H groups in total. The van der Waals surface area contributed by atoms with Crippen LogP contribution < -0.4 is 5.32 Å². The quantitative estimate of drug-likeness (QED) is 0.483. The second kappa shape index (κ2) is 7.33. The van der Waals surface area contributed by atoms with Gasteiger partial charge in [0.05, 0.1) is 5.69 Å². The van der Waals surface area contributed by atoms with E-state index in [1.165, 1.54) is 31.2 Å². The lowest BCUT2D eigenvalue weighted by molar-refractivity contribution is -0.123. The summed E-state index contributed by atoms with van der Waals surface area (Å²) < 4.78 is 18.7. The van der Waals surface area contributed by atoms with Crippen molar-refractivity contribution in [1.82, 2.24) is 0 Å². The van der Waals surface area contributed by atoms with Gasteiger partial charge in [0.2, 0.25) is 0 Å². The number of carbonyl (C=O) groups excluding carboxylic acids is 2. The van der Waals surface area contributed by atoms with Gasteiger partial charge in [-0.25, -0.2) is 9.18 Å². The molecule has 6 nitrogen and oxygen atoms in total. The maximum absolute atomic E-state index is 13.6. The Bertz CT molecular complexity index is 1030. The Morgan fingerprint density at radius 2 is 1.67 bits per heavy atom. The van der Waals surface area contributed by atoms with Gasteiger partial charge >= 0.3 is 5.97 Å². The zero-order chi connectivity index (χ0) is 19.6. The van der Waals surface area contributed by atoms with Gasteiger partial charge in [-0.3, -0.25) is 4.79 Å². The molecule has 3 aromatic carbocycles. The first-order valence-corrected chi connectivity index (χ1v) is 8.08. The van der Waals surface area contributed by atoms with Gasteiger partial charge in [0.15, 0.2) is 6.10 Å². The third-order valence-electron chi connectivity index (χ3n) is 4.00. The molecule has 0 aliphatic carbocycles. The molecular formula is C20H16FNO5. The summed E-state index contributed by atoms with van der Waals surface area (Å²) in [5, 5.41) is 23.3. The highest BCUT2D eigenvalue weighted by Gasteiger charge is 2.23. The summed E-state index contributed by atoms with van der Waals surface area (Å²) in [6.45, 7) is 1.31. The highest BCUT2D eigenvalue weighted by molar-refractivity contribution is 6.04. The molecule has 1 amide bonds. The van der Waals surface area contributed by atoms with Crippen LogP contribution in [0.25, 0.3) is 10.8 Å². The summed E-state index contributed by atoms with van der Waals surface area (Å²) in [7, 11) is 0. The Balaban J connectivity index is 1.79. The number of anilines is 1. The van der Waals surface area contributed by atoms with Gasteiger partial charge in [0.25, 0.3) is 5.91 Å². The van der Waals surface area contributed by atoms with Gasteiger partial charge in [-0.05, 0) is 25.1 Å². The molecule has 0 aliphatic rings. The minimum Gasteiger partial charge on any atom is -0.507 e. The summed E-state index contributed by atoms with van der Waals surface area (Å²) in [4.78, 5) is 24.5. The van der Waals surface area contributed by atoms with Crippen LogP contribution in [-0.4, -0.2) is 28.2 Å². The fraction of sp³-hybridized carbons (Fsp3) is 0.100. The van der Waals surface area contributed by atoms with Crippen molar-refractivity contribution in [3.8, 4) is 11.5 Å². The van der Waals surface area contributed by atoms with Crippen LogP contribution in [0, 0.1) is 5.82 Å². The number of halogens is 1. The van der Waals surface area contributed by atoms with Crippen molar-refractivity contribution in [3.05, 3.63) is 66.0 Å². The molecule has 0 aliphatic heterocycles. The van der Waals surface area contributed by atoms with Crippen molar-refractivity contribution in [2.24, 2.45) is 0 Å². The zero-order valence-electron chi connectivity index (χ0n) is 14.3. The average Bonchev–Trinajstić information content (AvgIpc) is 2.66. The van der Waals surface area contributed by atoms with Crippen LogP contribution in [0.4, 0.5) is 10.1 Å². The van der Waals surface area contributed by atoms with E-state index in [4.69, 9.17) is 4.74 Å². The van der Waals surface area contributed by atoms with E-state index in [2.05, 4.69) is 5.32 Å². The molecule has 7 heteroatoms. The molecule has 3 aromatic rings.